The van der Waals surface area contributed by atoms with Crippen LogP contribution in [0.25, 0.3) is 11.1 Å². The van der Waals surface area contributed by atoms with Gasteiger partial charge in [0, 0.05) is 17.3 Å². The third-order valence-electron chi connectivity index (χ3n) is 4.95. The number of benzene rings is 2. The van der Waals surface area contributed by atoms with Crippen molar-refractivity contribution < 1.29 is 9.47 Å². The second-order valence-electron chi connectivity index (χ2n) is 6.64. The molecule has 2 aromatic carbocycles. The summed E-state index contributed by atoms with van der Waals surface area (Å²) < 4.78 is 11.6. The first kappa shape index (κ1) is 15.0. The number of ether oxygens (including phenoxy) is 2. The van der Waals surface area contributed by atoms with E-state index in [2.05, 4.69) is 47.2 Å². The average molecular weight is 343 g/mol. The van der Waals surface area contributed by atoms with Gasteiger partial charge in [-0.2, -0.15) is 0 Å². The van der Waals surface area contributed by atoms with Crippen molar-refractivity contribution in [3.8, 4) is 22.8 Å². The van der Waals surface area contributed by atoms with Gasteiger partial charge in [-0.3, -0.25) is 0 Å². The van der Waals surface area contributed by atoms with E-state index in [0.717, 1.165) is 28.0 Å². The van der Waals surface area contributed by atoms with Crippen LogP contribution >= 0.6 is 0 Å². The van der Waals surface area contributed by atoms with Crippen LogP contribution in [0.5, 0.6) is 11.6 Å². The molecule has 0 fully saturated rings. The van der Waals surface area contributed by atoms with Gasteiger partial charge in [-0.15, -0.1) is 0 Å². The summed E-state index contributed by atoms with van der Waals surface area (Å²) in [6.07, 6.45) is 1.83. The topological polar surface area (TPSA) is 69.7 Å². The monoisotopic (exact) mass is 343 g/mol. The summed E-state index contributed by atoms with van der Waals surface area (Å²) in [6, 6.07) is 18.4. The first-order valence-electron chi connectivity index (χ1n) is 8.49. The second kappa shape index (κ2) is 5.33. The molecule has 0 saturated carbocycles. The fourth-order valence-electron chi connectivity index (χ4n) is 3.59. The van der Waals surface area contributed by atoms with Crippen LogP contribution < -0.4 is 10.5 Å². The Bertz CT molecular complexity index is 1040. The van der Waals surface area contributed by atoms with Crippen molar-refractivity contribution in [1.29, 1.82) is 0 Å². The van der Waals surface area contributed by atoms with E-state index < -0.39 is 5.54 Å². The van der Waals surface area contributed by atoms with Crippen LogP contribution in [0.1, 0.15) is 16.7 Å². The number of rotatable bonds is 1. The van der Waals surface area contributed by atoms with Gasteiger partial charge in [-0.1, -0.05) is 48.0 Å². The van der Waals surface area contributed by atoms with E-state index in [-0.39, 0.29) is 6.02 Å². The van der Waals surface area contributed by atoms with Crippen LogP contribution in [0.4, 0.5) is 0 Å². The molecule has 26 heavy (non-hydrogen) atoms. The third-order valence-corrected chi connectivity index (χ3v) is 4.95. The fraction of sp³-hybridized carbons (Fsp3) is 0.143. The molecule has 0 aliphatic carbocycles. The normalized spacial score (nSPS) is 20.0. The van der Waals surface area contributed by atoms with Crippen LogP contribution in [-0.2, 0) is 10.3 Å². The molecule has 1 aromatic heterocycles. The van der Waals surface area contributed by atoms with Crippen molar-refractivity contribution >= 4 is 6.02 Å². The Morgan fingerprint density at radius 2 is 1.81 bits per heavy atom. The Morgan fingerprint density at radius 3 is 2.58 bits per heavy atom. The van der Waals surface area contributed by atoms with Crippen molar-refractivity contribution in [3.05, 3.63) is 77.5 Å². The summed E-state index contributed by atoms with van der Waals surface area (Å²) in [7, 11) is 0. The number of pyridine rings is 1. The van der Waals surface area contributed by atoms with Crippen molar-refractivity contribution in [3.63, 3.8) is 0 Å². The summed E-state index contributed by atoms with van der Waals surface area (Å²) in [6.45, 7) is 2.41. The number of amidine groups is 1. The Kier molecular flexibility index (Phi) is 3.06. The number of para-hydroxylation sites is 1. The van der Waals surface area contributed by atoms with Gasteiger partial charge < -0.3 is 15.2 Å². The summed E-state index contributed by atoms with van der Waals surface area (Å²) in [5.41, 5.74) is 10.3. The Labute approximate surface area is 151 Å². The number of hydrogen-bond acceptors (Lipinski definition) is 5. The van der Waals surface area contributed by atoms with E-state index in [9.17, 15) is 0 Å². The second-order valence-corrected chi connectivity index (χ2v) is 6.64. The van der Waals surface area contributed by atoms with Crippen LogP contribution in [0, 0.1) is 6.92 Å². The zero-order chi connectivity index (χ0) is 17.7. The molecule has 5 heteroatoms. The number of hydrogen-bond donors (Lipinski definition) is 1. The molecule has 0 bridgehead atoms. The SMILES string of the molecule is Cc1ccc(-c2cnc3c(c2)[C@]2(COC(N)=N2)c2ccccc2O3)cc1. The van der Waals surface area contributed by atoms with Crippen LogP contribution in [0.3, 0.4) is 0 Å². The zero-order valence-electron chi connectivity index (χ0n) is 14.3. The molecule has 0 amide bonds. The summed E-state index contributed by atoms with van der Waals surface area (Å²) in [5, 5.41) is 0. The predicted molar refractivity (Wildman–Crippen MR) is 99.3 cm³/mol. The zero-order valence-corrected chi connectivity index (χ0v) is 14.3. The number of aromatic nitrogens is 1. The molecule has 1 spiro atoms. The molecule has 5 nitrogen and oxygen atoms in total. The number of aryl methyl sites for hydroxylation is 1. The average Bonchev–Trinajstić information content (AvgIpc) is 3.05. The predicted octanol–water partition coefficient (Wildman–Crippen LogP) is 3.75. The smallest absolute Gasteiger partial charge is 0.283 e. The van der Waals surface area contributed by atoms with Crippen LogP contribution in [0.2, 0.25) is 0 Å². The van der Waals surface area contributed by atoms with Crippen LogP contribution in [0.15, 0.2) is 65.8 Å². The Balaban J connectivity index is 1.72. The van der Waals surface area contributed by atoms with Crippen molar-refractivity contribution in [2.75, 3.05) is 6.61 Å². The highest BCUT2D eigenvalue weighted by atomic mass is 16.5. The van der Waals surface area contributed by atoms with E-state index in [1.54, 1.807) is 0 Å². The fourth-order valence-corrected chi connectivity index (χ4v) is 3.59. The number of fused-ring (bicyclic) bond motifs is 4. The summed E-state index contributed by atoms with van der Waals surface area (Å²) in [4.78, 5) is 9.24. The first-order chi connectivity index (χ1) is 12.7. The lowest BCUT2D eigenvalue weighted by Gasteiger charge is -2.32. The van der Waals surface area contributed by atoms with Gasteiger partial charge in [0.1, 0.15) is 12.4 Å². The van der Waals surface area contributed by atoms with Crippen molar-refractivity contribution in [2.45, 2.75) is 12.5 Å². The number of nitrogens with zero attached hydrogens (tertiary/aromatic N) is 2. The molecule has 128 valence electrons. The minimum atomic E-state index is -0.720. The molecule has 0 unspecified atom stereocenters. The Morgan fingerprint density at radius 1 is 1.00 bits per heavy atom. The minimum absolute atomic E-state index is 0.188. The molecule has 2 N–H and O–H groups in total. The molecule has 0 saturated heterocycles. The maximum Gasteiger partial charge on any atom is 0.283 e. The molecule has 5 rings (SSSR count). The van der Waals surface area contributed by atoms with E-state index in [4.69, 9.17) is 15.2 Å². The van der Waals surface area contributed by atoms with Gasteiger partial charge in [0.2, 0.25) is 5.88 Å². The lowest BCUT2D eigenvalue weighted by atomic mass is 9.82. The lowest BCUT2D eigenvalue weighted by molar-refractivity contribution is 0.262. The number of nitrogens with two attached hydrogens (primary N) is 1. The molecule has 2 aliphatic rings. The highest BCUT2D eigenvalue weighted by molar-refractivity contribution is 5.77. The summed E-state index contributed by atoms with van der Waals surface area (Å²) in [5.74, 6) is 1.28. The standard InChI is InChI=1S/C21H17N3O2/c1-13-6-8-14(9-7-13)15-10-17-19(23-11-15)26-18-5-3-2-4-16(18)21(17)12-25-20(22)24-21/h2-11H,12H2,1H3,(H2,22,24)/t21-/m0/s1. The quantitative estimate of drug-likeness (QED) is 0.730. The van der Waals surface area contributed by atoms with E-state index in [0.29, 0.717) is 12.5 Å². The molecular formula is C21H17N3O2. The molecule has 0 radical (unpaired) electrons. The van der Waals surface area contributed by atoms with Gasteiger partial charge in [0.05, 0.1) is 5.56 Å². The highest BCUT2D eigenvalue weighted by Crippen LogP contribution is 2.50. The van der Waals surface area contributed by atoms with E-state index in [1.807, 2.05) is 30.5 Å². The maximum atomic E-state index is 6.03. The van der Waals surface area contributed by atoms with Gasteiger partial charge in [0.25, 0.3) is 6.02 Å². The van der Waals surface area contributed by atoms with Gasteiger partial charge in [0.15, 0.2) is 5.54 Å². The van der Waals surface area contributed by atoms with E-state index in [1.165, 1.54) is 5.56 Å². The third kappa shape index (κ3) is 2.10. The molecule has 3 heterocycles. The molecule has 2 aliphatic heterocycles. The van der Waals surface area contributed by atoms with Crippen molar-refractivity contribution in [1.82, 2.24) is 4.98 Å². The molecule has 3 aromatic rings. The van der Waals surface area contributed by atoms with Gasteiger partial charge in [-0.25, -0.2) is 9.98 Å². The molecular weight excluding hydrogens is 326 g/mol. The first-order valence-corrected chi connectivity index (χ1v) is 8.49. The van der Waals surface area contributed by atoms with Crippen LogP contribution in [-0.4, -0.2) is 17.6 Å². The van der Waals surface area contributed by atoms with Crippen molar-refractivity contribution in [2.24, 2.45) is 10.7 Å². The van der Waals surface area contributed by atoms with Gasteiger partial charge >= 0.3 is 0 Å². The lowest BCUT2D eigenvalue weighted by Crippen LogP contribution is -2.31. The highest BCUT2D eigenvalue weighted by Gasteiger charge is 2.47. The summed E-state index contributed by atoms with van der Waals surface area (Å²) >= 11 is 0. The number of aliphatic imine (C=N–C) groups is 1. The molecule has 1 atom stereocenters. The Hall–Kier alpha value is -3.34. The largest absolute Gasteiger partial charge is 0.462 e. The minimum Gasteiger partial charge on any atom is -0.462 e. The maximum absolute atomic E-state index is 6.03. The van der Waals surface area contributed by atoms with E-state index >= 15 is 0 Å². The van der Waals surface area contributed by atoms with Gasteiger partial charge in [-0.05, 0) is 24.6 Å².